The number of halogens is 1. The Bertz CT molecular complexity index is 473. The Labute approximate surface area is 127 Å². The molecule has 5 nitrogen and oxygen atoms in total. The maximum Gasteiger partial charge on any atom is 0.168 e. The van der Waals surface area contributed by atoms with E-state index in [0.29, 0.717) is 6.61 Å². The van der Waals surface area contributed by atoms with Crippen molar-refractivity contribution >= 4 is 15.9 Å². The number of aromatic nitrogens is 2. The van der Waals surface area contributed by atoms with E-state index in [1.54, 1.807) is 0 Å². The predicted molar refractivity (Wildman–Crippen MR) is 77.3 cm³/mol. The van der Waals surface area contributed by atoms with E-state index in [-0.39, 0.29) is 11.9 Å². The minimum Gasteiger partial charge on any atom is -0.372 e. The lowest BCUT2D eigenvalue weighted by molar-refractivity contribution is -0.192. The first-order valence-corrected chi connectivity index (χ1v) is 7.96. The predicted octanol–water partition coefficient (Wildman–Crippen LogP) is 2.69. The zero-order chi connectivity index (χ0) is 14.2. The molecule has 1 aromatic rings. The maximum absolute atomic E-state index is 6.04. The van der Waals surface area contributed by atoms with Gasteiger partial charge in [0, 0.05) is 19.9 Å². The Morgan fingerprint density at radius 2 is 2.00 bits per heavy atom. The van der Waals surface area contributed by atoms with E-state index in [0.717, 1.165) is 54.8 Å². The summed E-state index contributed by atoms with van der Waals surface area (Å²) in [6.07, 6.45) is 4.14. The molecule has 2 aliphatic rings. The van der Waals surface area contributed by atoms with Gasteiger partial charge in [0.1, 0.15) is 0 Å². The number of ether oxygens (including phenoxy) is 3. The molecule has 0 aromatic carbocycles. The third-order valence-corrected chi connectivity index (χ3v) is 5.26. The molecule has 1 aliphatic carbocycles. The average molecular weight is 345 g/mol. The van der Waals surface area contributed by atoms with Crippen molar-refractivity contribution in [2.75, 3.05) is 13.2 Å². The van der Waals surface area contributed by atoms with Crippen LogP contribution >= 0.6 is 15.9 Å². The van der Waals surface area contributed by atoms with Crippen molar-refractivity contribution in [2.45, 2.75) is 51.1 Å². The first kappa shape index (κ1) is 14.5. The van der Waals surface area contributed by atoms with Crippen LogP contribution in [0.1, 0.15) is 37.1 Å². The molecule has 1 aliphatic heterocycles. The van der Waals surface area contributed by atoms with E-state index in [9.17, 15) is 0 Å². The van der Waals surface area contributed by atoms with Crippen molar-refractivity contribution in [2.24, 2.45) is 7.05 Å². The summed E-state index contributed by atoms with van der Waals surface area (Å²) in [5.74, 6) is -0.302. The Balaban J connectivity index is 1.52. The van der Waals surface area contributed by atoms with Gasteiger partial charge in [-0.2, -0.15) is 5.10 Å². The smallest absolute Gasteiger partial charge is 0.168 e. The summed E-state index contributed by atoms with van der Waals surface area (Å²) in [7, 11) is 1.95. The molecule has 0 radical (unpaired) electrons. The fourth-order valence-corrected chi connectivity index (χ4v) is 3.47. The summed E-state index contributed by atoms with van der Waals surface area (Å²) < 4.78 is 20.4. The first-order valence-electron chi connectivity index (χ1n) is 7.17. The summed E-state index contributed by atoms with van der Waals surface area (Å²) in [5.41, 5.74) is 2.10. The van der Waals surface area contributed by atoms with E-state index in [2.05, 4.69) is 21.0 Å². The first-order chi connectivity index (χ1) is 9.60. The topological polar surface area (TPSA) is 45.5 Å². The summed E-state index contributed by atoms with van der Waals surface area (Å²) in [6.45, 7) is 4.05. The van der Waals surface area contributed by atoms with Crippen molar-refractivity contribution in [1.29, 1.82) is 0 Å². The summed E-state index contributed by atoms with van der Waals surface area (Å²) in [6, 6.07) is 0. The highest BCUT2D eigenvalue weighted by Crippen LogP contribution is 2.37. The van der Waals surface area contributed by atoms with Gasteiger partial charge < -0.3 is 14.2 Å². The van der Waals surface area contributed by atoms with Crippen LogP contribution in [0.3, 0.4) is 0 Å². The van der Waals surface area contributed by atoms with Crippen molar-refractivity contribution < 1.29 is 14.2 Å². The molecule has 0 atom stereocenters. The van der Waals surface area contributed by atoms with Crippen LogP contribution in [-0.2, 0) is 27.9 Å². The molecule has 2 heterocycles. The minimum atomic E-state index is -0.302. The SMILES string of the molecule is Cc1nn(C)c(COC2CCC3(CC2)OCCO3)c1Br. The van der Waals surface area contributed by atoms with Crippen LogP contribution in [0.15, 0.2) is 4.47 Å². The molecule has 0 unspecified atom stereocenters. The van der Waals surface area contributed by atoms with E-state index in [1.165, 1.54) is 0 Å². The molecule has 1 saturated heterocycles. The van der Waals surface area contributed by atoms with Crippen LogP contribution in [0.2, 0.25) is 0 Å². The second-order valence-corrected chi connectivity index (χ2v) is 6.38. The van der Waals surface area contributed by atoms with Gasteiger partial charge in [0.15, 0.2) is 5.79 Å². The monoisotopic (exact) mass is 344 g/mol. The second-order valence-electron chi connectivity index (χ2n) is 5.59. The van der Waals surface area contributed by atoms with E-state index in [1.807, 2.05) is 18.7 Å². The summed E-state index contributed by atoms with van der Waals surface area (Å²) >= 11 is 3.57. The van der Waals surface area contributed by atoms with Crippen LogP contribution in [0.25, 0.3) is 0 Å². The molecule has 0 N–H and O–H groups in total. The lowest BCUT2D eigenvalue weighted by Gasteiger charge is -2.35. The fourth-order valence-electron chi connectivity index (χ4n) is 3.02. The molecule has 1 spiro atoms. The largest absolute Gasteiger partial charge is 0.372 e. The van der Waals surface area contributed by atoms with Gasteiger partial charge in [0.05, 0.1) is 41.8 Å². The molecule has 0 amide bonds. The number of hydrogen-bond donors (Lipinski definition) is 0. The molecule has 20 heavy (non-hydrogen) atoms. The van der Waals surface area contributed by atoms with E-state index in [4.69, 9.17) is 14.2 Å². The minimum absolute atomic E-state index is 0.288. The van der Waals surface area contributed by atoms with Crippen LogP contribution in [0.4, 0.5) is 0 Å². The number of aryl methyl sites for hydroxylation is 2. The van der Waals surface area contributed by atoms with E-state index >= 15 is 0 Å². The lowest BCUT2D eigenvalue weighted by Crippen LogP contribution is -2.37. The van der Waals surface area contributed by atoms with Gasteiger partial charge >= 0.3 is 0 Å². The van der Waals surface area contributed by atoms with Crippen LogP contribution in [-0.4, -0.2) is 34.9 Å². The Morgan fingerprint density at radius 3 is 2.55 bits per heavy atom. The Kier molecular flexibility index (Phi) is 4.17. The quantitative estimate of drug-likeness (QED) is 0.845. The van der Waals surface area contributed by atoms with Gasteiger partial charge in [-0.05, 0) is 35.7 Å². The zero-order valence-electron chi connectivity index (χ0n) is 12.0. The lowest BCUT2D eigenvalue weighted by atomic mass is 9.92. The number of nitrogens with zero attached hydrogens (tertiary/aromatic N) is 2. The van der Waals surface area contributed by atoms with Crippen LogP contribution in [0, 0.1) is 6.92 Å². The molecule has 1 aromatic heterocycles. The van der Waals surface area contributed by atoms with Crippen molar-refractivity contribution in [1.82, 2.24) is 9.78 Å². The molecule has 6 heteroatoms. The average Bonchev–Trinajstić information content (AvgIpc) is 2.98. The summed E-state index contributed by atoms with van der Waals surface area (Å²) in [5, 5.41) is 4.38. The third-order valence-electron chi connectivity index (χ3n) is 4.23. The molecule has 0 bridgehead atoms. The van der Waals surface area contributed by atoms with Gasteiger partial charge in [0.25, 0.3) is 0 Å². The highest BCUT2D eigenvalue weighted by molar-refractivity contribution is 9.10. The van der Waals surface area contributed by atoms with Gasteiger partial charge in [-0.1, -0.05) is 0 Å². The molecule has 1 saturated carbocycles. The zero-order valence-corrected chi connectivity index (χ0v) is 13.6. The van der Waals surface area contributed by atoms with Gasteiger partial charge in [-0.15, -0.1) is 0 Å². The fraction of sp³-hybridized carbons (Fsp3) is 0.786. The third kappa shape index (κ3) is 2.79. The second kappa shape index (κ2) is 5.75. The van der Waals surface area contributed by atoms with E-state index < -0.39 is 0 Å². The van der Waals surface area contributed by atoms with Crippen LogP contribution in [0.5, 0.6) is 0 Å². The number of hydrogen-bond acceptors (Lipinski definition) is 4. The maximum atomic E-state index is 6.04. The van der Waals surface area contributed by atoms with Crippen molar-refractivity contribution in [3.05, 3.63) is 15.9 Å². The van der Waals surface area contributed by atoms with Gasteiger partial charge in [-0.3, -0.25) is 4.68 Å². The Morgan fingerprint density at radius 1 is 1.35 bits per heavy atom. The standard InChI is InChI=1S/C14H21BrN2O3/c1-10-13(15)12(17(2)16-10)9-18-11-3-5-14(6-4-11)19-7-8-20-14/h11H,3-9H2,1-2H3. The highest BCUT2D eigenvalue weighted by Gasteiger charge is 2.40. The van der Waals surface area contributed by atoms with Gasteiger partial charge in [0.2, 0.25) is 0 Å². The normalized spacial score (nSPS) is 22.8. The van der Waals surface area contributed by atoms with Crippen LogP contribution < -0.4 is 0 Å². The Hall–Kier alpha value is -0.430. The molecule has 2 fully saturated rings. The van der Waals surface area contributed by atoms with Crippen molar-refractivity contribution in [3.63, 3.8) is 0 Å². The number of rotatable bonds is 3. The summed E-state index contributed by atoms with van der Waals surface area (Å²) in [4.78, 5) is 0. The highest BCUT2D eigenvalue weighted by atomic mass is 79.9. The van der Waals surface area contributed by atoms with Crippen molar-refractivity contribution in [3.8, 4) is 0 Å². The molecular weight excluding hydrogens is 324 g/mol. The molecule has 112 valence electrons. The molecule has 3 rings (SSSR count). The van der Waals surface area contributed by atoms with Gasteiger partial charge in [-0.25, -0.2) is 0 Å². The molecular formula is C14H21BrN2O3.